The molecule has 4 heteroatoms. The van der Waals surface area contributed by atoms with Crippen LogP contribution in [0.1, 0.15) is 12.8 Å². The van der Waals surface area contributed by atoms with E-state index >= 15 is 0 Å². The lowest BCUT2D eigenvalue weighted by Crippen LogP contribution is -2.36. The van der Waals surface area contributed by atoms with Gasteiger partial charge in [-0.3, -0.25) is 0 Å². The van der Waals surface area contributed by atoms with Crippen molar-refractivity contribution >= 4 is 15.9 Å². The van der Waals surface area contributed by atoms with Gasteiger partial charge in [-0.05, 0) is 25.0 Å². The van der Waals surface area contributed by atoms with E-state index in [0.717, 1.165) is 42.9 Å². The summed E-state index contributed by atoms with van der Waals surface area (Å²) in [6.45, 7) is 2.34. The van der Waals surface area contributed by atoms with E-state index in [0.29, 0.717) is 6.61 Å². The summed E-state index contributed by atoms with van der Waals surface area (Å²) in [4.78, 5) is 0. The molecule has 1 heterocycles. The number of methoxy groups -OCH3 is 1. The maximum atomic E-state index is 5.95. The van der Waals surface area contributed by atoms with Crippen LogP contribution in [-0.4, -0.2) is 32.3 Å². The fraction of sp³-hybridized carbons (Fsp3) is 0.571. The van der Waals surface area contributed by atoms with Gasteiger partial charge >= 0.3 is 0 Å². The summed E-state index contributed by atoms with van der Waals surface area (Å²) in [5, 5.41) is 0.943. The largest absolute Gasteiger partial charge is 0.493 e. The maximum Gasteiger partial charge on any atom is 0.161 e. The predicted molar refractivity (Wildman–Crippen MR) is 74.8 cm³/mol. The van der Waals surface area contributed by atoms with Crippen molar-refractivity contribution in [3.05, 3.63) is 24.3 Å². The van der Waals surface area contributed by atoms with Crippen molar-refractivity contribution in [1.29, 1.82) is 0 Å². The van der Waals surface area contributed by atoms with Crippen LogP contribution >= 0.6 is 15.9 Å². The number of para-hydroxylation sites is 2. The van der Waals surface area contributed by atoms with E-state index in [-0.39, 0.29) is 5.41 Å². The number of halogens is 1. The Morgan fingerprint density at radius 1 is 1.22 bits per heavy atom. The van der Waals surface area contributed by atoms with Gasteiger partial charge in [0.1, 0.15) is 0 Å². The molecule has 0 atom stereocenters. The molecule has 1 fully saturated rings. The number of alkyl halides is 1. The lowest BCUT2D eigenvalue weighted by Gasteiger charge is -2.35. The third-order valence-corrected chi connectivity index (χ3v) is 4.63. The second-order valence-electron chi connectivity index (χ2n) is 4.69. The van der Waals surface area contributed by atoms with Crippen molar-refractivity contribution < 1.29 is 14.2 Å². The van der Waals surface area contributed by atoms with E-state index in [1.165, 1.54) is 0 Å². The first-order valence-electron chi connectivity index (χ1n) is 6.19. The van der Waals surface area contributed by atoms with E-state index in [9.17, 15) is 0 Å². The van der Waals surface area contributed by atoms with Gasteiger partial charge in [-0.25, -0.2) is 0 Å². The molecule has 18 heavy (non-hydrogen) atoms. The Balaban J connectivity index is 2.01. The van der Waals surface area contributed by atoms with Crippen molar-refractivity contribution in [3.63, 3.8) is 0 Å². The van der Waals surface area contributed by atoms with E-state index < -0.39 is 0 Å². The highest BCUT2D eigenvalue weighted by Gasteiger charge is 2.32. The van der Waals surface area contributed by atoms with E-state index in [1.54, 1.807) is 7.11 Å². The van der Waals surface area contributed by atoms with Crippen LogP contribution in [0.15, 0.2) is 24.3 Å². The molecule has 1 aromatic carbocycles. The summed E-state index contributed by atoms with van der Waals surface area (Å²) in [7, 11) is 1.66. The fourth-order valence-corrected chi connectivity index (χ4v) is 2.81. The molecule has 0 radical (unpaired) electrons. The average molecular weight is 315 g/mol. The molecule has 0 aliphatic carbocycles. The molecular formula is C14H19BrO3. The monoisotopic (exact) mass is 314 g/mol. The summed E-state index contributed by atoms with van der Waals surface area (Å²) in [6.07, 6.45) is 2.07. The highest BCUT2D eigenvalue weighted by Crippen LogP contribution is 2.35. The first kappa shape index (κ1) is 13.7. The number of hydrogen-bond donors (Lipinski definition) is 0. The Kier molecular flexibility index (Phi) is 4.89. The minimum atomic E-state index is 0.180. The van der Waals surface area contributed by atoms with Gasteiger partial charge in [-0.1, -0.05) is 28.1 Å². The molecule has 0 saturated carbocycles. The number of rotatable bonds is 5. The molecule has 0 bridgehead atoms. The van der Waals surface area contributed by atoms with Crippen molar-refractivity contribution in [3.8, 4) is 11.5 Å². The van der Waals surface area contributed by atoms with Gasteiger partial charge < -0.3 is 14.2 Å². The lowest BCUT2D eigenvalue weighted by molar-refractivity contribution is 0.00314. The molecule has 0 N–H and O–H groups in total. The van der Waals surface area contributed by atoms with Gasteiger partial charge in [0, 0.05) is 24.0 Å². The van der Waals surface area contributed by atoms with E-state index in [4.69, 9.17) is 14.2 Å². The molecule has 3 nitrogen and oxygen atoms in total. The van der Waals surface area contributed by atoms with Crippen LogP contribution in [0, 0.1) is 5.41 Å². The van der Waals surface area contributed by atoms with Crippen LogP contribution < -0.4 is 9.47 Å². The van der Waals surface area contributed by atoms with Crippen molar-refractivity contribution in [2.75, 3.05) is 32.3 Å². The van der Waals surface area contributed by atoms with Crippen molar-refractivity contribution in [2.45, 2.75) is 12.8 Å². The van der Waals surface area contributed by atoms with Crippen molar-refractivity contribution in [2.24, 2.45) is 5.41 Å². The van der Waals surface area contributed by atoms with Gasteiger partial charge in [0.25, 0.3) is 0 Å². The van der Waals surface area contributed by atoms with Crippen LogP contribution in [0.3, 0.4) is 0 Å². The van der Waals surface area contributed by atoms with Gasteiger partial charge in [-0.15, -0.1) is 0 Å². The molecule has 0 amide bonds. The highest BCUT2D eigenvalue weighted by atomic mass is 79.9. The SMILES string of the molecule is COc1ccccc1OCC1(CBr)CCOCC1. The molecule has 0 unspecified atom stereocenters. The summed E-state index contributed by atoms with van der Waals surface area (Å²) in [5.41, 5.74) is 0.180. The van der Waals surface area contributed by atoms with Gasteiger partial charge in [-0.2, -0.15) is 0 Å². The Hall–Kier alpha value is -0.740. The first-order chi connectivity index (χ1) is 8.79. The lowest BCUT2D eigenvalue weighted by atomic mass is 9.83. The van der Waals surface area contributed by atoms with Crippen LogP contribution in [0.5, 0.6) is 11.5 Å². The fourth-order valence-electron chi connectivity index (χ4n) is 2.09. The molecule has 0 aromatic heterocycles. The number of ether oxygens (including phenoxy) is 3. The summed E-state index contributed by atoms with van der Waals surface area (Å²) in [6, 6.07) is 7.77. The third-order valence-electron chi connectivity index (χ3n) is 3.44. The normalized spacial score (nSPS) is 18.3. The van der Waals surface area contributed by atoms with E-state index in [1.807, 2.05) is 24.3 Å². The zero-order chi connectivity index (χ0) is 12.8. The Bertz CT molecular complexity index is 375. The zero-order valence-electron chi connectivity index (χ0n) is 10.7. The average Bonchev–Trinajstić information content (AvgIpc) is 2.46. The van der Waals surface area contributed by atoms with Gasteiger partial charge in [0.05, 0.1) is 13.7 Å². The maximum absolute atomic E-state index is 5.95. The highest BCUT2D eigenvalue weighted by molar-refractivity contribution is 9.09. The predicted octanol–water partition coefficient (Wildman–Crippen LogP) is 3.27. The Morgan fingerprint density at radius 2 is 1.89 bits per heavy atom. The molecule has 2 rings (SSSR count). The summed E-state index contributed by atoms with van der Waals surface area (Å²) < 4.78 is 16.7. The Morgan fingerprint density at radius 3 is 2.50 bits per heavy atom. The summed E-state index contributed by atoms with van der Waals surface area (Å²) >= 11 is 3.61. The molecule has 1 saturated heterocycles. The van der Waals surface area contributed by atoms with Crippen LogP contribution in [0.2, 0.25) is 0 Å². The Labute approximate surface area is 117 Å². The molecule has 0 spiro atoms. The first-order valence-corrected chi connectivity index (χ1v) is 7.31. The van der Waals surface area contributed by atoms with Crippen LogP contribution in [0.25, 0.3) is 0 Å². The van der Waals surface area contributed by atoms with Gasteiger partial charge in [0.2, 0.25) is 0 Å². The third kappa shape index (κ3) is 3.18. The smallest absolute Gasteiger partial charge is 0.161 e. The quantitative estimate of drug-likeness (QED) is 0.781. The van der Waals surface area contributed by atoms with E-state index in [2.05, 4.69) is 15.9 Å². The second kappa shape index (κ2) is 6.43. The minimum Gasteiger partial charge on any atom is -0.493 e. The van der Waals surface area contributed by atoms with Crippen LogP contribution in [-0.2, 0) is 4.74 Å². The second-order valence-corrected chi connectivity index (χ2v) is 5.25. The van der Waals surface area contributed by atoms with Crippen molar-refractivity contribution in [1.82, 2.24) is 0 Å². The molecular weight excluding hydrogens is 296 g/mol. The molecule has 1 aromatic rings. The van der Waals surface area contributed by atoms with Gasteiger partial charge in [0.15, 0.2) is 11.5 Å². The number of benzene rings is 1. The molecule has 100 valence electrons. The topological polar surface area (TPSA) is 27.7 Å². The minimum absolute atomic E-state index is 0.180. The summed E-state index contributed by atoms with van der Waals surface area (Å²) in [5.74, 6) is 1.60. The molecule has 1 aliphatic heterocycles. The standard InChI is InChI=1S/C14H19BrO3/c1-16-12-4-2-3-5-13(12)18-11-14(10-15)6-8-17-9-7-14/h2-5H,6-11H2,1H3. The molecule has 1 aliphatic rings. The number of hydrogen-bond acceptors (Lipinski definition) is 3. The zero-order valence-corrected chi connectivity index (χ0v) is 12.2. The van der Waals surface area contributed by atoms with Crippen LogP contribution in [0.4, 0.5) is 0 Å².